The molecule has 2 aliphatic heterocycles. The van der Waals surface area contributed by atoms with Crippen molar-refractivity contribution in [2.24, 2.45) is 0 Å². The second kappa shape index (κ2) is 5.38. The van der Waals surface area contributed by atoms with E-state index in [1.54, 1.807) is 17.0 Å². The second-order valence-corrected chi connectivity index (χ2v) is 5.35. The van der Waals surface area contributed by atoms with Crippen LogP contribution < -0.4 is 5.32 Å². The van der Waals surface area contributed by atoms with Gasteiger partial charge < -0.3 is 10.2 Å². The number of amides is 2. The molecule has 1 aromatic heterocycles. The van der Waals surface area contributed by atoms with Crippen LogP contribution in [-0.4, -0.2) is 65.4 Å². The van der Waals surface area contributed by atoms with E-state index in [1.807, 2.05) is 0 Å². The molecular weight excluding hydrogens is 280 g/mol. The van der Waals surface area contributed by atoms with Crippen molar-refractivity contribution in [2.75, 3.05) is 32.7 Å². The number of carbonyl (C=O) groups excluding carboxylic acids is 2. The maximum atomic E-state index is 12.4. The Bertz CT molecular complexity index is 551. The number of nitrogens with zero attached hydrogens (tertiary/aromatic N) is 3. The van der Waals surface area contributed by atoms with E-state index in [2.05, 4.69) is 15.2 Å². The van der Waals surface area contributed by atoms with Gasteiger partial charge in [-0.3, -0.25) is 14.5 Å². The Labute approximate surface area is 121 Å². The van der Waals surface area contributed by atoms with Gasteiger partial charge in [-0.2, -0.15) is 0 Å². The van der Waals surface area contributed by atoms with Crippen molar-refractivity contribution in [3.8, 4) is 0 Å². The van der Waals surface area contributed by atoms with Crippen molar-refractivity contribution in [1.82, 2.24) is 20.1 Å². The zero-order valence-electron chi connectivity index (χ0n) is 10.9. The number of hydrogen-bond donors (Lipinski definition) is 1. The van der Waals surface area contributed by atoms with Crippen LogP contribution in [0.4, 0.5) is 0 Å². The smallest absolute Gasteiger partial charge is 0.254 e. The highest BCUT2D eigenvalue weighted by Gasteiger charge is 2.36. The fourth-order valence-corrected chi connectivity index (χ4v) is 2.85. The van der Waals surface area contributed by atoms with E-state index in [1.165, 1.54) is 6.20 Å². The fraction of sp³-hybridized carbons (Fsp3) is 0.462. The minimum atomic E-state index is -0.237. The zero-order valence-corrected chi connectivity index (χ0v) is 11.6. The summed E-state index contributed by atoms with van der Waals surface area (Å²) in [5.74, 6) is -0.103. The Morgan fingerprint density at radius 3 is 3.05 bits per heavy atom. The standard InChI is InChI=1S/C13H15ClN4O2/c14-11-7-9(1-2-15-11)13(20)18-6-5-17-4-3-16-12(19)10(17)8-18/h1-2,7,10H,3-6,8H2,(H,16,19). The molecule has 1 N–H and O–H groups in total. The minimum absolute atomic E-state index is 0.00140. The highest BCUT2D eigenvalue weighted by Crippen LogP contribution is 2.16. The molecule has 20 heavy (non-hydrogen) atoms. The molecule has 2 aliphatic rings. The number of fused-ring (bicyclic) bond motifs is 1. The molecule has 0 aromatic carbocycles. The van der Waals surface area contributed by atoms with Gasteiger partial charge in [0.05, 0.1) is 0 Å². The summed E-state index contributed by atoms with van der Waals surface area (Å²) >= 11 is 5.81. The number of rotatable bonds is 1. The Balaban J connectivity index is 1.75. The van der Waals surface area contributed by atoms with Crippen LogP contribution in [0.2, 0.25) is 5.15 Å². The molecule has 3 heterocycles. The van der Waals surface area contributed by atoms with E-state index in [0.29, 0.717) is 30.4 Å². The van der Waals surface area contributed by atoms with E-state index in [-0.39, 0.29) is 17.9 Å². The lowest BCUT2D eigenvalue weighted by molar-refractivity contribution is -0.131. The van der Waals surface area contributed by atoms with E-state index >= 15 is 0 Å². The Hall–Kier alpha value is -1.66. The van der Waals surface area contributed by atoms with E-state index in [9.17, 15) is 9.59 Å². The Morgan fingerprint density at radius 2 is 2.25 bits per heavy atom. The monoisotopic (exact) mass is 294 g/mol. The lowest BCUT2D eigenvalue weighted by atomic mass is 10.1. The molecule has 2 fully saturated rings. The van der Waals surface area contributed by atoms with Gasteiger partial charge in [-0.05, 0) is 12.1 Å². The quantitative estimate of drug-likeness (QED) is 0.740. The van der Waals surface area contributed by atoms with Crippen LogP contribution in [0.3, 0.4) is 0 Å². The molecule has 106 valence electrons. The number of aromatic nitrogens is 1. The number of hydrogen-bond acceptors (Lipinski definition) is 4. The molecule has 3 rings (SSSR count). The van der Waals surface area contributed by atoms with Crippen molar-refractivity contribution in [1.29, 1.82) is 0 Å². The van der Waals surface area contributed by atoms with Crippen molar-refractivity contribution >= 4 is 23.4 Å². The van der Waals surface area contributed by atoms with Gasteiger partial charge in [0.15, 0.2) is 0 Å². The molecule has 1 atom stereocenters. The summed E-state index contributed by atoms with van der Waals surface area (Å²) in [6.45, 7) is 3.30. The van der Waals surface area contributed by atoms with Gasteiger partial charge in [-0.1, -0.05) is 11.6 Å². The predicted octanol–water partition coefficient (Wildman–Crippen LogP) is -0.00880. The summed E-state index contributed by atoms with van der Waals surface area (Å²) in [5, 5.41) is 3.14. The molecule has 0 spiro atoms. The molecule has 6 nitrogen and oxygen atoms in total. The van der Waals surface area contributed by atoms with Crippen LogP contribution in [0.25, 0.3) is 0 Å². The first-order chi connectivity index (χ1) is 9.65. The third kappa shape index (κ3) is 2.48. The average molecular weight is 295 g/mol. The molecule has 0 bridgehead atoms. The van der Waals surface area contributed by atoms with Crippen LogP contribution in [-0.2, 0) is 4.79 Å². The first-order valence-electron chi connectivity index (χ1n) is 6.58. The van der Waals surface area contributed by atoms with Crippen LogP contribution in [0, 0.1) is 0 Å². The summed E-state index contributed by atoms with van der Waals surface area (Å²) in [6, 6.07) is 2.96. The second-order valence-electron chi connectivity index (χ2n) is 4.96. The van der Waals surface area contributed by atoms with Crippen LogP contribution >= 0.6 is 11.6 Å². The summed E-state index contributed by atoms with van der Waals surface area (Å²) in [6.07, 6.45) is 1.51. The van der Waals surface area contributed by atoms with Crippen LogP contribution in [0.5, 0.6) is 0 Å². The lowest BCUT2D eigenvalue weighted by Gasteiger charge is -2.43. The van der Waals surface area contributed by atoms with Crippen molar-refractivity contribution < 1.29 is 9.59 Å². The molecule has 0 aliphatic carbocycles. The summed E-state index contributed by atoms with van der Waals surface area (Å²) < 4.78 is 0. The molecule has 0 saturated carbocycles. The van der Waals surface area contributed by atoms with Crippen molar-refractivity contribution in [2.45, 2.75) is 6.04 Å². The van der Waals surface area contributed by atoms with Gasteiger partial charge in [0.1, 0.15) is 11.2 Å². The third-order valence-corrected chi connectivity index (χ3v) is 3.96. The average Bonchev–Trinajstić information content (AvgIpc) is 2.47. The van der Waals surface area contributed by atoms with Gasteiger partial charge in [0, 0.05) is 44.5 Å². The predicted molar refractivity (Wildman–Crippen MR) is 73.5 cm³/mol. The Morgan fingerprint density at radius 1 is 1.40 bits per heavy atom. The van der Waals surface area contributed by atoms with E-state index < -0.39 is 0 Å². The van der Waals surface area contributed by atoms with Gasteiger partial charge in [0.2, 0.25) is 5.91 Å². The molecular formula is C13H15ClN4O2. The van der Waals surface area contributed by atoms with Gasteiger partial charge in [0.25, 0.3) is 5.91 Å². The summed E-state index contributed by atoms with van der Waals surface area (Å²) in [7, 11) is 0. The Kier molecular flexibility index (Phi) is 3.58. The maximum absolute atomic E-state index is 12.4. The molecule has 7 heteroatoms. The molecule has 2 amide bonds. The first kappa shape index (κ1) is 13.3. The summed E-state index contributed by atoms with van der Waals surface area (Å²) in [4.78, 5) is 32.0. The zero-order chi connectivity index (χ0) is 14.1. The van der Waals surface area contributed by atoms with Gasteiger partial charge in [-0.25, -0.2) is 4.98 Å². The largest absolute Gasteiger partial charge is 0.353 e. The lowest BCUT2D eigenvalue weighted by Crippen LogP contribution is -2.64. The number of carbonyl (C=O) groups is 2. The van der Waals surface area contributed by atoms with E-state index in [4.69, 9.17) is 11.6 Å². The van der Waals surface area contributed by atoms with Gasteiger partial charge >= 0.3 is 0 Å². The SMILES string of the molecule is O=C1NCCN2CCN(C(=O)c3ccnc(Cl)c3)CC12. The first-order valence-corrected chi connectivity index (χ1v) is 6.95. The van der Waals surface area contributed by atoms with Crippen LogP contribution in [0.15, 0.2) is 18.3 Å². The summed E-state index contributed by atoms with van der Waals surface area (Å²) in [5.41, 5.74) is 0.509. The third-order valence-electron chi connectivity index (χ3n) is 3.75. The van der Waals surface area contributed by atoms with Crippen LogP contribution in [0.1, 0.15) is 10.4 Å². The van der Waals surface area contributed by atoms with Crippen molar-refractivity contribution in [3.63, 3.8) is 0 Å². The number of halogens is 1. The molecule has 1 unspecified atom stereocenters. The fourth-order valence-electron chi connectivity index (χ4n) is 2.68. The number of piperazine rings is 2. The van der Waals surface area contributed by atoms with E-state index in [0.717, 1.165) is 13.1 Å². The number of pyridine rings is 1. The molecule has 0 radical (unpaired) electrons. The minimum Gasteiger partial charge on any atom is -0.353 e. The number of nitrogens with one attached hydrogen (secondary N) is 1. The highest BCUT2D eigenvalue weighted by molar-refractivity contribution is 6.29. The molecule has 2 saturated heterocycles. The van der Waals surface area contributed by atoms with Crippen molar-refractivity contribution in [3.05, 3.63) is 29.0 Å². The molecule has 1 aromatic rings. The maximum Gasteiger partial charge on any atom is 0.254 e. The normalized spacial score (nSPS) is 23.1. The highest BCUT2D eigenvalue weighted by atomic mass is 35.5. The topological polar surface area (TPSA) is 65.5 Å². The van der Waals surface area contributed by atoms with Gasteiger partial charge in [-0.15, -0.1) is 0 Å².